The number of hydrogen-bond donors (Lipinski definition) is 2. The van der Waals surface area contributed by atoms with Gasteiger partial charge in [0.05, 0.1) is 38.1 Å². The molecule has 33 heavy (non-hydrogen) atoms. The van der Waals surface area contributed by atoms with Crippen LogP contribution in [0, 0.1) is 0 Å². The molecule has 0 fully saturated rings. The lowest BCUT2D eigenvalue weighted by Gasteiger charge is -2.09. The molecule has 0 saturated heterocycles. The molecule has 0 aliphatic carbocycles. The number of ether oxygens (including phenoxy) is 4. The molecule has 176 valence electrons. The van der Waals surface area contributed by atoms with E-state index in [0.29, 0.717) is 32.8 Å². The van der Waals surface area contributed by atoms with Crippen LogP contribution < -0.4 is 25.0 Å². The van der Waals surface area contributed by atoms with Crippen molar-refractivity contribution in [1.29, 1.82) is 0 Å². The number of carbonyl (C=O) groups is 3. The van der Waals surface area contributed by atoms with Gasteiger partial charge in [0.15, 0.2) is 18.1 Å². The second-order valence-corrected chi connectivity index (χ2v) is 7.18. The lowest BCUT2D eigenvalue weighted by molar-refractivity contribution is -0.145. The highest BCUT2D eigenvalue weighted by Gasteiger charge is 2.12. The summed E-state index contributed by atoms with van der Waals surface area (Å²) in [7, 11) is 2.96. The Morgan fingerprint density at radius 1 is 1.03 bits per heavy atom. The van der Waals surface area contributed by atoms with Gasteiger partial charge in [0.1, 0.15) is 5.75 Å². The maximum atomic E-state index is 12.2. The second kappa shape index (κ2) is 13.1. The van der Waals surface area contributed by atoms with Crippen molar-refractivity contribution in [3.05, 3.63) is 52.0 Å². The summed E-state index contributed by atoms with van der Waals surface area (Å²) in [6.07, 6.45) is 1.42. The average Bonchev–Trinajstić information content (AvgIpc) is 2.81. The molecule has 0 atom stereocenters. The van der Waals surface area contributed by atoms with Crippen molar-refractivity contribution >= 4 is 39.9 Å². The van der Waals surface area contributed by atoms with Crippen LogP contribution in [-0.4, -0.2) is 58.0 Å². The van der Waals surface area contributed by atoms with Crippen molar-refractivity contribution in [2.75, 3.05) is 34.0 Å². The summed E-state index contributed by atoms with van der Waals surface area (Å²) < 4.78 is 21.1. The minimum absolute atomic E-state index is 0.203. The predicted octanol–water partition coefficient (Wildman–Crippen LogP) is 2.29. The van der Waals surface area contributed by atoms with Gasteiger partial charge in [0.2, 0.25) is 0 Å². The predicted molar refractivity (Wildman–Crippen MR) is 124 cm³/mol. The molecular weight excluding hydrogens is 498 g/mol. The summed E-state index contributed by atoms with van der Waals surface area (Å²) in [6, 6.07) is 9.72. The molecule has 2 rings (SSSR count). The maximum Gasteiger partial charge on any atom is 0.344 e. The Labute approximate surface area is 199 Å². The van der Waals surface area contributed by atoms with Gasteiger partial charge in [-0.1, -0.05) is 0 Å². The van der Waals surface area contributed by atoms with Gasteiger partial charge in [0.25, 0.3) is 11.8 Å². The van der Waals surface area contributed by atoms with Crippen molar-refractivity contribution in [3.8, 4) is 17.2 Å². The first-order chi connectivity index (χ1) is 15.9. The van der Waals surface area contributed by atoms with E-state index in [0.717, 1.165) is 0 Å². The second-order valence-electron chi connectivity index (χ2n) is 6.33. The number of nitrogens with zero attached hydrogens (tertiary/aromatic N) is 1. The van der Waals surface area contributed by atoms with Gasteiger partial charge >= 0.3 is 5.97 Å². The summed E-state index contributed by atoms with van der Waals surface area (Å²) in [5.41, 5.74) is 3.32. The third-order valence-corrected chi connectivity index (χ3v) is 4.68. The van der Waals surface area contributed by atoms with Crippen molar-refractivity contribution in [2.45, 2.75) is 6.92 Å². The highest BCUT2D eigenvalue weighted by atomic mass is 79.9. The molecule has 0 unspecified atom stereocenters. The van der Waals surface area contributed by atoms with Crippen LogP contribution in [0.15, 0.2) is 46.0 Å². The smallest absolute Gasteiger partial charge is 0.344 e. The van der Waals surface area contributed by atoms with Crippen LogP contribution in [0.2, 0.25) is 0 Å². The topological polar surface area (TPSA) is 125 Å². The summed E-state index contributed by atoms with van der Waals surface area (Å²) >= 11 is 3.35. The number of hydrogen-bond acceptors (Lipinski definition) is 8. The highest BCUT2D eigenvalue weighted by molar-refractivity contribution is 9.10. The Morgan fingerprint density at radius 3 is 2.42 bits per heavy atom. The van der Waals surface area contributed by atoms with Crippen molar-refractivity contribution in [2.24, 2.45) is 5.10 Å². The van der Waals surface area contributed by atoms with E-state index in [1.165, 1.54) is 26.5 Å². The number of methoxy groups -OCH3 is 2. The minimum atomic E-state index is -0.506. The van der Waals surface area contributed by atoms with Crippen LogP contribution in [0.25, 0.3) is 0 Å². The Balaban J connectivity index is 1.83. The van der Waals surface area contributed by atoms with Crippen molar-refractivity contribution in [1.82, 2.24) is 10.7 Å². The molecule has 11 heteroatoms. The molecule has 0 aliphatic heterocycles. The molecule has 2 N–H and O–H groups in total. The largest absolute Gasteiger partial charge is 0.493 e. The monoisotopic (exact) mass is 521 g/mol. The Kier molecular flexibility index (Phi) is 10.2. The summed E-state index contributed by atoms with van der Waals surface area (Å²) in [5.74, 6) is -0.0573. The van der Waals surface area contributed by atoms with Gasteiger partial charge in [-0.05, 0) is 64.8 Å². The van der Waals surface area contributed by atoms with Crippen LogP contribution in [-0.2, 0) is 14.3 Å². The Bertz CT molecular complexity index is 1030. The molecule has 2 aromatic carbocycles. The number of nitrogens with one attached hydrogen (secondary N) is 2. The average molecular weight is 522 g/mol. The van der Waals surface area contributed by atoms with E-state index in [-0.39, 0.29) is 19.8 Å². The molecular formula is C22H24BrN3O7. The van der Waals surface area contributed by atoms with Crippen LogP contribution in [0.5, 0.6) is 17.2 Å². The van der Waals surface area contributed by atoms with E-state index >= 15 is 0 Å². The van der Waals surface area contributed by atoms with Gasteiger partial charge in [-0.3, -0.25) is 9.59 Å². The molecule has 0 bridgehead atoms. The van der Waals surface area contributed by atoms with Gasteiger partial charge in [-0.2, -0.15) is 5.10 Å². The lowest BCUT2D eigenvalue weighted by atomic mass is 10.2. The van der Waals surface area contributed by atoms with Crippen LogP contribution >= 0.6 is 15.9 Å². The maximum absolute atomic E-state index is 12.2. The zero-order valence-electron chi connectivity index (χ0n) is 18.3. The quantitative estimate of drug-likeness (QED) is 0.264. The highest BCUT2D eigenvalue weighted by Crippen LogP contribution is 2.27. The molecule has 10 nitrogen and oxygen atoms in total. The number of rotatable bonds is 11. The molecule has 0 spiro atoms. The minimum Gasteiger partial charge on any atom is -0.493 e. The molecule has 0 saturated carbocycles. The van der Waals surface area contributed by atoms with Crippen LogP contribution in [0.3, 0.4) is 0 Å². The first-order valence-electron chi connectivity index (χ1n) is 9.78. The summed E-state index contributed by atoms with van der Waals surface area (Å²) in [5, 5.41) is 6.37. The fraction of sp³-hybridized carbons (Fsp3) is 0.273. The molecule has 0 aromatic heterocycles. The summed E-state index contributed by atoms with van der Waals surface area (Å²) in [6.45, 7) is 1.52. The first kappa shape index (κ1) is 25.7. The molecule has 2 amide bonds. The van der Waals surface area contributed by atoms with Gasteiger partial charge in [-0.15, -0.1) is 0 Å². The molecule has 0 heterocycles. The summed E-state index contributed by atoms with van der Waals surface area (Å²) in [4.78, 5) is 35.6. The standard InChI is InChI=1S/C22H24BrN3O7/c1-4-32-21(28)13-33-17-7-5-14(9-16(17)23)11-25-26-20(27)12-24-22(29)15-6-8-18(30-2)19(10-15)31-3/h5-11H,4,12-13H2,1-3H3,(H,24,29)(H,26,27)/b25-11-. The van der Waals surface area contributed by atoms with E-state index in [2.05, 4.69) is 31.8 Å². The van der Waals surface area contributed by atoms with Crippen molar-refractivity contribution < 1.29 is 33.3 Å². The van der Waals surface area contributed by atoms with E-state index in [9.17, 15) is 14.4 Å². The van der Waals surface area contributed by atoms with E-state index in [1.54, 1.807) is 37.3 Å². The van der Waals surface area contributed by atoms with E-state index < -0.39 is 17.8 Å². The number of hydrazone groups is 1. The van der Waals surface area contributed by atoms with Gasteiger partial charge < -0.3 is 24.3 Å². The Morgan fingerprint density at radius 2 is 1.76 bits per heavy atom. The lowest BCUT2D eigenvalue weighted by Crippen LogP contribution is -2.34. The number of halogens is 1. The number of esters is 1. The fourth-order valence-corrected chi connectivity index (χ4v) is 3.02. The molecule has 2 aromatic rings. The number of benzene rings is 2. The van der Waals surface area contributed by atoms with E-state index in [1.807, 2.05) is 0 Å². The van der Waals surface area contributed by atoms with Crippen molar-refractivity contribution in [3.63, 3.8) is 0 Å². The zero-order valence-corrected chi connectivity index (χ0v) is 19.9. The third kappa shape index (κ3) is 8.11. The normalized spacial score (nSPS) is 10.4. The van der Waals surface area contributed by atoms with Crippen LogP contribution in [0.1, 0.15) is 22.8 Å². The first-order valence-corrected chi connectivity index (χ1v) is 10.6. The fourth-order valence-electron chi connectivity index (χ4n) is 2.51. The zero-order chi connectivity index (χ0) is 24.2. The SMILES string of the molecule is CCOC(=O)COc1ccc(/C=N\NC(=O)CNC(=O)c2ccc(OC)c(OC)c2)cc1Br. The van der Waals surface area contributed by atoms with E-state index in [4.69, 9.17) is 18.9 Å². The van der Waals surface area contributed by atoms with Gasteiger partial charge in [-0.25, -0.2) is 10.2 Å². The third-order valence-electron chi connectivity index (χ3n) is 4.06. The number of carbonyl (C=O) groups excluding carboxylic acids is 3. The molecule has 0 aliphatic rings. The number of amides is 2. The van der Waals surface area contributed by atoms with Crippen LogP contribution in [0.4, 0.5) is 0 Å². The molecule has 0 radical (unpaired) electrons. The van der Waals surface area contributed by atoms with Gasteiger partial charge in [0, 0.05) is 5.56 Å². The Hall–Kier alpha value is -3.60.